The molecular formula is C19H17F2N3O2. The average Bonchev–Trinajstić information content (AvgIpc) is 3.03. The van der Waals surface area contributed by atoms with E-state index in [1.54, 1.807) is 0 Å². The molecule has 2 aromatic carbocycles. The summed E-state index contributed by atoms with van der Waals surface area (Å²) in [4.78, 5) is 12.1. The molecule has 1 amide bonds. The predicted molar refractivity (Wildman–Crippen MR) is 92.5 cm³/mol. The van der Waals surface area contributed by atoms with Gasteiger partial charge in [-0.15, -0.1) is 5.10 Å². The zero-order valence-corrected chi connectivity index (χ0v) is 14.3. The molecule has 0 saturated carbocycles. The average molecular weight is 357 g/mol. The van der Waals surface area contributed by atoms with E-state index in [2.05, 4.69) is 29.4 Å². The van der Waals surface area contributed by atoms with Crippen LogP contribution in [0.3, 0.4) is 0 Å². The minimum absolute atomic E-state index is 0.0383. The van der Waals surface area contributed by atoms with Crippen LogP contribution in [0.4, 0.5) is 14.8 Å². The molecule has 0 aliphatic heterocycles. The van der Waals surface area contributed by atoms with Crippen molar-refractivity contribution in [1.29, 1.82) is 0 Å². The van der Waals surface area contributed by atoms with Crippen LogP contribution >= 0.6 is 0 Å². The van der Waals surface area contributed by atoms with Crippen LogP contribution < -0.4 is 5.32 Å². The minimum Gasteiger partial charge on any atom is -0.403 e. The van der Waals surface area contributed by atoms with Crippen LogP contribution in [0.2, 0.25) is 0 Å². The number of rotatable bonds is 5. The molecule has 0 spiro atoms. The fourth-order valence-electron chi connectivity index (χ4n) is 2.41. The minimum atomic E-state index is -0.822. The Kier molecular flexibility index (Phi) is 5.06. The van der Waals surface area contributed by atoms with Crippen LogP contribution in [0.15, 0.2) is 46.9 Å². The third-order valence-electron chi connectivity index (χ3n) is 3.84. The maximum Gasteiger partial charge on any atom is 0.322 e. The van der Waals surface area contributed by atoms with Crippen molar-refractivity contribution in [1.82, 2.24) is 10.2 Å². The Morgan fingerprint density at radius 3 is 2.50 bits per heavy atom. The summed E-state index contributed by atoms with van der Waals surface area (Å²) in [7, 11) is 0. The second-order valence-electron chi connectivity index (χ2n) is 6.16. The van der Waals surface area contributed by atoms with E-state index in [0.717, 1.165) is 17.7 Å². The summed E-state index contributed by atoms with van der Waals surface area (Å²) in [6.45, 7) is 4.19. The first-order valence-corrected chi connectivity index (χ1v) is 8.10. The molecule has 0 saturated heterocycles. The van der Waals surface area contributed by atoms with E-state index in [1.807, 2.05) is 24.3 Å². The number of anilines is 1. The van der Waals surface area contributed by atoms with Crippen molar-refractivity contribution < 1.29 is 18.0 Å². The fraction of sp³-hybridized carbons (Fsp3) is 0.211. The van der Waals surface area contributed by atoms with Crippen molar-refractivity contribution in [2.24, 2.45) is 0 Å². The smallest absolute Gasteiger partial charge is 0.322 e. The Hall–Kier alpha value is -3.09. The highest BCUT2D eigenvalue weighted by Gasteiger charge is 2.15. The lowest BCUT2D eigenvalue weighted by molar-refractivity contribution is -0.115. The van der Waals surface area contributed by atoms with Gasteiger partial charge in [0.05, 0.1) is 12.0 Å². The number of carbonyl (C=O) groups excluding carboxylic acids is 1. The SMILES string of the molecule is CC(C)c1ccc(CC(=O)Nc2nnc(-c3ccc(F)cc3F)o2)cc1. The molecular weight excluding hydrogens is 340 g/mol. The van der Waals surface area contributed by atoms with Gasteiger partial charge in [-0.3, -0.25) is 10.1 Å². The Morgan fingerprint density at radius 2 is 1.85 bits per heavy atom. The molecule has 0 unspecified atom stereocenters. The van der Waals surface area contributed by atoms with E-state index < -0.39 is 11.6 Å². The largest absolute Gasteiger partial charge is 0.403 e. The van der Waals surface area contributed by atoms with Crippen molar-refractivity contribution >= 4 is 11.9 Å². The molecule has 0 bridgehead atoms. The predicted octanol–water partition coefficient (Wildman–Crippen LogP) is 4.32. The van der Waals surface area contributed by atoms with Crippen molar-refractivity contribution in [2.45, 2.75) is 26.2 Å². The molecule has 0 aliphatic rings. The van der Waals surface area contributed by atoms with E-state index in [9.17, 15) is 13.6 Å². The monoisotopic (exact) mass is 357 g/mol. The Labute approximate surface area is 149 Å². The highest BCUT2D eigenvalue weighted by molar-refractivity contribution is 5.90. The molecule has 3 aromatic rings. The molecule has 3 rings (SSSR count). The number of nitrogens with zero attached hydrogens (tertiary/aromatic N) is 2. The lowest BCUT2D eigenvalue weighted by Gasteiger charge is -2.06. The first-order valence-electron chi connectivity index (χ1n) is 8.10. The highest BCUT2D eigenvalue weighted by atomic mass is 19.1. The van der Waals surface area contributed by atoms with Crippen LogP contribution in [0.25, 0.3) is 11.5 Å². The van der Waals surface area contributed by atoms with Gasteiger partial charge in [-0.25, -0.2) is 8.78 Å². The molecule has 5 nitrogen and oxygen atoms in total. The Balaban J connectivity index is 1.66. The van der Waals surface area contributed by atoms with E-state index in [1.165, 1.54) is 11.6 Å². The highest BCUT2D eigenvalue weighted by Crippen LogP contribution is 2.23. The van der Waals surface area contributed by atoms with E-state index in [0.29, 0.717) is 5.92 Å². The summed E-state index contributed by atoms with van der Waals surface area (Å²) in [5, 5.41) is 9.81. The molecule has 0 fully saturated rings. The van der Waals surface area contributed by atoms with E-state index in [-0.39, 0.29) is 29.8 Å². The van der Waals surface area contributed by atoms with E-state index >= 15 is 0 Å². The van der Waals surface area contributed by atoms with Gasteiger partial charge in [-0.1, -0.05) is 43.2 Å². The first-order chi connectivity index (χ1) is 12.4. The molecule has 1 N–H and O–H groups in total. The summed E-state index contributed by atoms with van der Waals surface area (Å²) in [6, 6.07) is 10.6. The lowest BCUT2D eigenvalue weighted by Crippen LogP contribution is -2.14. The number of hydrogen-bond donors (Lipinski definition) is 1. The molecule has 0 atom stereocenters. The lowest BCUT2D eigenvalue weighted by atomic mass is 10.0. The quantitative estimate of drug-likeness (QED) is 0.738. The van der Waals surface area contributed by atoms with Gasteiger partial charge in [-0.2, -0.15) is 0 Å². The number of benzene rings is 2. The third-order valence-corrected chi connectivity index (χ3v) is 3.84. The van der Waals surface area contributed by atoms with Gasteiger partial charge in [-0.05, 0) is 29.2 Å². The number of carbonyl (C=O) groups is 1. The maximum atomic E-state index is 13.7. The number of halogens is 2. The van der Waals surface area contributed by atoms with Crippen LogP contribution in [-0.2, 0) is 11.2 Å². The zero-order valence-electron chi connectivity index (χ0n) is 14.3. The van der Waals surface area contributed by atoms with Crippen molar-refractivity contribution in [3.05, 3.63) is 65.2 Å². The summed E-state index contributed by atoms with van der Waals surface area (Å²) in [6.07, 6.45) is 0.140. The van der Waals surface area contributed by atoms with Crippen molar-refractivity contribution in [3.63, 3.8) is 0 Å². The van der Waals surface area contributed by atoms with Gasteiger partial charge < -0.3 is 4.42 Å². The van der Waals surface area contributed by atoms with Crippen LogP contribution in [0.5, 0.6) is 0 Å². The van der Waals surface area contributed by atoms with Gasteiger partial charge in [0, 0.05) is 6.07 Å². The maximum absolute atomic E-state index is 13.7. The summed E-state index contributed by atoms with van der Waals surface area (Å²) < 4.78 is 31.9. The van der Waals surface area contributed by atoms with Gasteiger partial charge in [0.2, 0.25) is 5.91 Å². The first kappa shape index (κ1) is 17.7. The van der Waals surface area contributed by atoms with E-state index in [4.69, 9.17) is 4.42 Å². The normalized spacial score (nSPS) is 11.0. The summed E-state index contributed by atoms with van der Waals surface area (Å²) in [5.41, 5.74) is 2.00. The van der Waals surface area contributed by atoms with Gasteiger partial charge in [0.15, 0.2) is 0 Å². The zero-order chi connectivity index (χ0) is 18.7. The topological polar surface area (TPSA) is 68.0 Å². The second-order valence-corrected chi connectivity index (χ2v) is 6.16. The van der Waals surface area contributed by atoms with Gasteiger partial charge in [0.1, 0.15) is 11.6 Å². The molecule has 0 radical (unpaired) electrons. The van der Waals surface area contributed by atoms with Crippen LogP contribution in [-0.4, -0.2) is 16.1 Å². The van der Waals surface area contributed by atoms with Gasteiger partial charge >= 0.3 is 6.01 Å². The number of nitrogens with one attached hydrogen (secondary N) is 1. The number of hydrogen-bond acceptors (Lipinski definition) is 4. The number of amides is 1. The third kappa shape index (κ3) is 4.11. The summed E-state index contributed by atoms with van der Waals surface area (Å²) in [5.74, 6) is -1.59. The molecule has 7 heteroatoms. The molecule has 1 aromatic heterocycles. The standard InChI is InChI=1S/C19H17F2N3O2/c1-11(2)13-5-3-12(4-6-13)9-17(25)22-19-24-23-18(26-19)15-8-7-14(20)10-16(15)21/h3-8,10-11H,9H2,1-2H3,(H,22,24,25). The number of aromatic nitrogens is 2. The second kappa shape index (κ2) is 7.43. The molecule has 26 heavy (non-hydrogen) atoms. The van der Waals surface area contributed by atoms with Crippen LogP contribution in [0, 0.1) is 11.6 Å². The summed E-state index contributed by atoms with van der Waals surface area (Å²) >= 11 is 0. The molecule has 0 aliphatic carbocycles. The van der Waals surface area contributed by atoms with Crippen molar-refractivity contribution in [3.8, 4) is 11.5 Å². The van der Waals surface area contributed by atoms with Crippen molar-refractivity contribution in [2.75, 3.05) is 5.32 Å². The van der Waals surface area contributed by atoms with Crippen LogP contribution in [0.1, 0.15) is 30.9 Å². The Bertz CT molecular complexity index is 921. The molecule has 134 valence electrons. The fourth-order valence-corrected chi connectivity index (χ4v) is 2.41. The molecule has 1 heterocycles. The Morgan fingerprint density at radius 1 is 1.12 bits per heavy atom. The van der Waals surface area contributed by atoms with Gasteiger partial charge in [0.25, 0.3) is 5.89 Å².